The van der Waals surface area contributed by atoms with Crippen LogP contribution in [0.1, 0.15) is 78.1 Å². The molecule has 5 atom stereocenters. The Labute approximate surface area is 218 Å². The van der Waals surface area contributed by atoms with Crippen LogP contribution in [0.25, 0.3) is 0 Å². The molecular formula is C30H48N4O2. The van der Waals surface area contributed by atoms with E-state index in [4.69, 9.17) is 4.74 Å². The highest BCUT2D eigenvalue weighted by atomic mass is 16.5. The number of anilines is 1. The van der Waals surface area contributed by atoms with E-state index in [0.29, 0.717) is 30.1 Å². The van der Waals surface area contributed by atoms with E-state index in [1.54, 1.807) is 0 Å². The standard InChI is InChI=1S/C30H48N4O2/c1-23-20-27(24(2)31-26-14-10-7-11-15-26)30(25-12-8-5-3-4-6-9-13-25)32-28(21-29(35)34(30)22-23)33-16-18-36-19-17-33/h7,10-11,14-15,23-25,27-28,31-32H,3-6,8-9,12-13,16-22H2,1-2H3. The fourth-order valence-electron chi connectivity index (χ4n) is 7.74. The summed E-state index contributed by atoms with van der Waals surface area (Å²) in [6.45, 7) is 8.92. The van der Waals surface area contributed by atoms with Gasteiger partial charge in [0.1, 0.15) is 5.66 Å². The van der Waals surface area contributed by atoms with Gasteiger partial charge in [0, 0.05) is 37.3 Å². The molecule has 4 fully saturated rings. The van der Waals surface area contributed by atoms with Crippen LogP contribution in [0.2, 0.25) is 0 Å². The average molecular weight is 497 g/mol. The summed E-state index contributed by atoms with van der Waals surface area (Å²) < 4.78 is 5.67. The highest BCUT2D eigenvalue weighted by Gasteiger charge is 2.59. The Morgan fingerprint density at radius 3 is 2.39 bits per heavy atom. The van der Waals surface area contributed by atoms with Gasteiger partial charge in [-0.15, -0.1) is 0 Å². The number of fused-ring (bicyclic) bond motifs is 1. The van der Waals surface area contributed by atoms with Crippen molar-refractivity contribution in [2.24, 2.45) is 17.8 Å². The molecule has 3 saturated heterocycles. The van der Waals surface area contributed by atoms with Crippen molar-refractivity contribution >= 4 is 11.6 Å². The van der Waals surface area contributed by atoms with Gasteiger partial charge in [0.15, 0.2) is 0 Å². The molecule has 2 N–H and O–H groups in total. The second-order valence-corrected chi connectivity index (χ2v) is 12.0. The zero-order valence-corrected chi connectivity index (χ0v) is 22.6. The number of para-hydroxylation sites is 1. The SMILES string of the molecule is CC1CC(C(C)Nc2ccccc2)C2(C3CCCCCCCC3)NC(N3CCOCC3)CC(=O)N2C1. The van der Waals surface area contributed by atoms with Gasteiger partial charge < -0.3 is 15.0 Å². The number of nitrogens with zero attached hydrogens (tertiary/aromatic N) is 2. The Bertz CT molecular complexity index is 835. The fourth-order valence-corrected chi connectivity index (χ4v) is 7.74. The smallest absolute Gasteiger partial charge is 0.226 e. The molecule has 0 radical (unpaired) electrons. The number of benzene rings is 1. The molecule has 1 saturated carbocycles. The molecule has 1 aromatic carbocycles. The normalized spacial score (nSPS) is 34.2. The van der Waals surface area contributed by atoms with E-state index >= 15 is 0 Å². The summed E-state index contributed by atoms with van der Waals surface area (Å²) in [4.78, 5) is 18.9. The summed E-state index contributed by atoms with van der Waals surface area (Å²) in [6, 6.07) is 10.9. The van der Waals surface area contributed by atoms with Crippen LogP contribution in [-0.4, -0.2) is 66.4 Å². The second-order valence-electron chi connectivity index (χ2n) is 12.0. The summed E-state index contributed by atoms with van der Waals surface area (Å²) >= 11 is 0. The van der Waals surface area contributed by atoms with Gasteiger partial charge >= 0.3 is 0 Å². The van der Waals surface area contributed by atoms with Gasteiger partial charge in [-0.3, -0.25) is 15.0 Å². The molecule has 0 aromatic heterocycles. The number of hydrogen-bond acceptors (Lipinski definition) is 5. The van der Waals surface area contributed by atoms with Gasteiger partial charge in [0.05, 0.1) is 25.8 Å². The van der Waals surface area contributed by atoms with E-state index in [2.05, 4.69) is 64.6 Å². The van der Waals surface area contributed by atoms with Crippen LogP contribution in [0.15, 0.2) is 30.3 Å². The van der Waals surface area contributed by atoms with E-state index in [-0.39, 0.29) is 17.9 Å². The molecule has 6 nitrogen and oxygen atoms in total. The Hall–Kier alpha value is -1.63. The number of nitrogens with one attached hydrogen (secondary N) is 2. The van der Waals surface area contributed by atoms with Crippen LogP contribution >= 0.6 is 0 Å². The third-order valence-electron chi connectivity index (χ3n) is 9.47. The molecular weight excluding hydrogens is 448 g/mol. The molecule has 1 amide bonds. The summed E-state index contributed by atoms with van der Waals surface area (Å²) in [5.41, 5.74) is 0.877. The summed E-state index contributed by atoms with van der Waals surface area (Å²) in [7, 11) is 0. The van der Waals surface area contributed by atoms with Crippen molar-refractivity contribution in [1.29, 1.82) is 0 Å². The monoisotopic (exact) mass is 496 g/mol. The summed E-state index contributed by atoms with van der Waals surface area (Å²) in [5, 5.41) is 8.15. The first-order valence-corrected chi connectivity index (χ1v) is 14.8. The maximum Gasteiger partial charge on any atom is 0.226 e. The van der Waals surface area contributed by atoms with Gasteiger partial charge in [-0.2, -0.15) is 0 Å². The number of piperidine rings is 1. The topological polar surface area (TPSA) is 56.8 Å². The predicted octanol–water partition coefficient (Wildman–Crippen LogP) is 5.07. The third-order valence-corrected chi connectivity index (χ3v) is 9.47. The second kappa shape index (κ2) is 11.8. The fraction of sp³-hybridized carbons (Fsp3) is 0.767. The van der Waals surface area contributed by atoms with Gasteiger partial charge in [0.25, 0.3) is 0 Å². The third kappa shape index (κ3) is 5.46. The quantitative estimate of drug-likeness (QED) is 0.596. The van der Waals surface area contributed by atoms with Crippen molar-refractivity contribution in [3.05, 3.63) is 30.3 Å². The van der Waals surface area contributed by atoms with Crippen molar-refractivity contribution in [3.63, 3.8) is 0 Å². The minimum Gasteiger partial charge on any atom is -0.382 e. The Morgan fingerprint density at radius 2 is 1.69 bits per heavy atom. The average Bonchev–Trinajstić information content (AvgIpc) is 3.04. The van der Waals surface area contributed by atoms with Crippen molar-refractivity contribution in [2.75, 3.05) is 38.2 Å². The van der Waals surface area contributed by atoms with E-state index in [0.717, 1.165) is 39.3 Å². The lowest BCUT2D eigenvalue weighted by Gasteiger charge is -2.63. The number of ether oxygens (including phenoxy) is 1. The number of carbonyl (C=O) groups is 1. The molecule has 1 aliphatic carbocycles. The highest BCUT2D eigenvalue weighted by Crippen LogP contribution is 2.48. The minimum atomic E-state index is -0.295. The molecule has 0 bridgehead atoms. The van der Waals surface area contributed by atoms with Gasteiger partial charge in [0.2, 0.25) is 5.91 Å². The Morgan fingerprint density at radius 1 is 1.03 bits per heavy atom. The lowest BCUT2D eigenvalue weighted by atomic mass is 9.65. The van der Waals surface area contributed by atoms with Crippen LogP contribution in [0, 0.1) is 17.8 Å². The van der Waals surface area contributed by atoms with Gasteiger partial charge in [-0.05, 0) is 50.2 Å². The predicted molar refractivity (Wildman–Crippen MR) is 146 cm³/mol. The maximum absolute atomic E-state index is 14.0. The van der Waals surface area contributed by atoms with Crippen molar-refractivity contribution in [2.45, 2.75) is 95.9 Å². The molecule has 3 heterocycles. The maximum atomic E-state index is 14.0. The summed E-state index contributed by atoms with van der Waals surface area (Å²) in [5.74, 6) is 1.69. The lowest BCUT2D eigenvalue weighted by Crippen LogP contribution is -2.80. The minimum absolute atomic E-state index is 0.102. The van der Waals surface area contributed by atoms with Crippen molar-refractivity contribution in [1.82, 2.24) is 15.1 Å². The molecule has 36 heavy (non-hydrogen) atoms. The molecule has 6 heteroatoms. The van der Waals surface area contributed by atoms with Gasteiger partial charge in [-0.25, -0.2) is 0 Å². The Balaban J connectivity index is 1.52. The summed E-state index contributed by atoms with van der Waals surface area (Å²) in [6.07, 6.45) is 12.2. The van der Waals surface area contributed by atoms with Crippen LogP contribution in [0.3, 0.4) is 0 Å². The van der Waals surface area contributed by atoms with Crippen LogP contribution < -0.4 is 10.6 Å². The first-order valence-electron chi connectivity index (χ1n) is 14.8. The van der Waals surface area contributed by atoms with E-state index < -0.39 is 0 Å². The molecule has 3 aliphatic heterocycles. The molecule has 1 aromatic rings. The molecule has 5 rings (SSSR count). The number of hydrogen-bond donors (Lipinski definition) is 2. The van der Waals surface area contributed by atoms with Crippen molar-refractivity contribution in [3.8, 4) is 0 Å². The molecule has 5 unspecified atom stereocenters. The van der Waals surface area contributed by atoms with Crippen LogP contribution in [-0.2, 0) is 9.53 Å². The number of carbonyl (C=O) groups excluding carboxylic acids is 1. The Kier molecular flexibility index (Phi) is 8.54. The van der Waals surface area contributed by atoms with Crippen LogP contribution in [0.5, 0.6) is 0 Å². The zero-order chi connectivity index (χ0) is 25.0. The molecule has 0 spiro atoms. The van der Waals surface area contributed by atoms with Crippen LogP contribution in [0.4, 0.5) is 5.69 Å². The van der Waals surface area contributed by atoms with E-state index in [1.807, 2.05) is 0 Å². The molecule has 4 aliphatic rings. The highest BCUT2D eigenvalue weighted by molar-refractivity contribution is 5.79. The number of rotatable bonds is 5. The first-order chi connectivity index (χ1) is 17.6. The largest absolute Gasteiger partial charge is 0.382 e. The van der Waals surface area contributed by atoms with Crippen molar-refractivity contribution < 1.29 is 9.53 Å². The first kappa shape index (κ1) is 26.0. The van der Waals surface area contributed by atoms with E-state index in [9.17, 15) is 4.79 Å². The number of morpholine rings is 1. The molecule has 200 valence electrons. The zero-order valence-electron chi connectivity index (χ0n) is 22.6. The number of amides is 1. The van der Waals surface area contributed by atoms with Gasteiger partial charge in [-0.1, -0.05) is 63.6 Å². The lowest BCUT2D eigenvalue weighted by molar-refractivity contribution is -0.179. The van der Waals surface area contributed by atoms with E-state index in [1.165, 1.54) is 57.1 Å².